The van der Waals surface area contributed by atoms with Crippen molar-refractivity contribution in [1.82, 2.24) is 10.2 Å². The monoisotopic (exact) mass is 234 g/mol. The molecule has 0 unspecified atom stereocenters. The Hall–Kier alpha value is -0.770. The topological polar surface area (TPSA) is 25.8 Å². The second-order valence-corrected chi connectivity index (χ2v) is 4.93. The zero-order valence-corrected chi connectivity index (χ0v) is 9.86. The first-order valence-electron chi connectivity index (χ1n) is 4.54. The van der Waals surface area contributed by atoms with Crippen LogP contribution in [0.1, 0.15) is 39.0 Å². The molecule has 0 aliphatic rings. The van der Waals surface area contributed by atoms with E-state index in [0.717, 1.165) is 6.92 Å². The molecule has 0 saturated carbocycles. The molecule has 0 saturated heterocycles. The molecule has 1 aromatic rings. The fraction of sp³-hybridized carbons (Fsp3) is 0.600. The molecule has 1 heterocycles. The van der Waals surface area contributed by atoms with Gasteiger partial charge in [0.05, 0.1) is 11.3 Å². The van der Waals surface area contributed by atoms with Crippen molar-refractivity contribution in [3.63, 3.8) is 0 Å². The van der Waals surface area contributed by atoms with Crippen molar-refractivity contribution in [3.8, 4) is 0 Å². The molecule has 0 aliphatic heterocycles. The highest BCUT2D eigenvalue weighted by Gasteiger charge is 2.30. The molecule has 0 aromatic carbocycles. The van der Waals surface area contributed by atoms with Crippen LogP contribution in [0, 0.1) is 0 Å². The summed E-state index contributed by atoms with van der Waals surface area (Å²) >= 11 is 5.58. The van der Waals surface area contributed by atoms with Gasteiger partial charge in [-0.15, -0.1) is 5.10 Å². The molecule has 1 aromatic heterocycles. The van der Waals surface area contributed by atoms with E-state index in [1.807, 2.05) is 20.8 Å². The van der Waals surface area contributed by atoms with Crippen LogP contribution in [0.25, 0.3) is 0 Å². The van der Waals surface area contributed by atoms with Crippen molar-refractivity contribution in [3.05, 3.63) is 22.5 Å². The number of hydrogen-bond acceptors (Lipinski definition) is 2. The van der Waals surface area contributed by atoms with Gasteiger partial charge in [-0.3, -0.25) is 0 Å². The van der Waals surface area contributed by atoms with E-state index < -0.39 is 5.92 Å². The molecule has 1 rings (SSSR count). The maximum absolute atomic E-state index is 13.1. The Morgan fingerprint density at radius 3 is 2.07 bits per heavy atom. The van der Waals surface area contributed by atoms with Crippen LogP contribution in [0.4, 0.5) is 8.78 Å². The molecule has 0 aliphatic carbocycles. The summed E-state index contributed by atoms with van der Waals surface area (Å²) < 4.78 is 26.3. The normalized spacial score (nSPS) is 13.0. The Kier molecular flexibility index (Phi) is 3.01. The summed E-state index contributed by atoms with van der Waals surface area (Å²) in [6.07, 6.45) is 0. The Morgan fingerprint density at radius 1 is 1.13 bits per heavy atom. The second kappa shape index (κ2) is 3.67. The van der Waals surface area contributed by atoms with Crippen molar-refractivity contribution >= 4 is 11.6 Å². The lowest BCUT2D eigenvalue weighted by Crippen LogP contribution is -2.18. The highest BCUT2D eigenvalue weighted by atomic mass is 35.5. The molecular formula is C10H13ClF2N2. The summed E-state index contributed by atoms with van der Waals surface area (Å²) in [5.74, 6) is -2.99. The molecular weight excluding hydrogens is 222 g/mol. The molecule has 0 spiro atoms. The van der Waals surface area contributed by atoms with Gasteiger partial charge >= 0.3 is 0 Å². The number of rotatable bonds is 1. The van der Waals surface area contributed by atoms with Gasteiger partial charge in [0.1, 0.15) is 0 Å². The fourth-order valence-corrected chi connectivity index (χ4v) is 1.31. The molecule has 0 radical (unpaired) electrons. The van der Waals surface area contributed by atoms with Gasteiger partial charge in [-0.1, -0.05) is 32.4 Å². The lowest BCUT2D eigenvalue weighted by atomic mass is 9.91. The Balaban J connectivity index is 3.30. The van der Waals surface area contributed by atoms with Gasteiger partial charge in [0.2, 0.25) is 0 Å². The highest BCUT2D eigenvalue weighted by Crippen LogP contribution is 2.33. The molecule has 0 fully saturated rings. The SMILES string of the molecule is CC(C)(C)c1cc(C(C)(F)F)c(Cl)nn1. The highest BCUT2D eigenvalue weighted by molar-refractivity contribution is 6.30. The van der Waals surface area contributed by atoms with Gasteiger partial charge in [0.25, 0.3) is 5.92 Å². The van der Waals surface area contributed by atoms with Gasteiger partial charge in [-0.25, -0.2) is 8.78 Å². The Bertz CT molecular complexity index is 367. The molecule has 0 bridgehead atoms. The summed E-state index contributed by atoms with van der Waals surface area (Å²) in [5, 5.41) is 7.12. The minimum atomic E-state index is -2.99. The average molecular weight is 235 g/mol. The molecule has 2 nitrogen and oxygen atoms in total. The molecule has 0 N–H and O–H groups in total. The van der Waals surface area contributed by atoms with Gasteiger partial charge in [0, 0.05) is 12.3 Å². The minimum absolute atomic E-state index is 0.240. The number of halogens is 3. The summed E-state index contributed by atoms with van der Waals surface area (Å²) in [6, 6.07) is 1.31. The van der Waals surface area contributed by atoms with Gasteiger partial charge in [-0.2, -0.15) is 5.10 Å². The summed E-state index contributed by atoms with van der Waals surface area (Å²) in [4.78, 5) is 0. The molecule has 15 heavy (non-hydrogen) atoms. The van der Waals surface area contributed by atoms with Crippen LogP contribution in [0.3, 0.4) is 0 Å². The fourth-order valence-electron chi connectivity index (χ4n) is 1.05. The van der Waals surface area contributed by atoms with E-state index >= 15 is 0 Å². The maximum atomic E-state index is 13.1. The molecule has 0 amide bonds. The molecule has 0 atom stereocenters. The number of aromatic nitrogens is 2. The zero-order chi connectivity index (χ0) is 11.9. The summed E-state index contributed by atoms with van der Waals surface area (Å²) in [7, 11) is 0. The van der Waals surface area contributed by atoms with Gasteiger partial charge in [-0.05, 0) is 6.07 Å². The Morgan fingerprint density at radius 2 is 1.67 bits per heavy atom. The number of alkyl halides is 2. The molecule has 84 valence electrons. The first-order valence-corrected chi connectivity index (χ1v) is 4.92. The predicted molar refractivity (Wildman–Crippen MR) is 55.3 cm³/mol. The lowest BCUT2D eigenvalue weighted by molar-refractivity contribution is 0.0169. The van der Waals surface area contributed by atoms with E-state index in [1.54, 1.807) is 0 Å². The Labute approximate surface area is 92.7 Å². The molecule has 5 heteroatoms. The van der Waals surface area contributed by atoms with Crippen molar-refractivity contribution in [2.75, 3.05) is 0 Å². The summed E-state index contributed by atoms with van der Waals surface area (Å²) in [5.41, 5.74) is -0.0927. The lowest BCUT2D eigenvalue weighted by Gasteiger charge is -2.19. The van der Waals surface area contributed by atoms with Gasteiger partial charge < -0.3 is 0 Å². The first kappa shape index (κ1) is 12.3. The third-order valence-corrected chi connectivity index (χ3v) is 2.27. The van der Waals surface area contributed by atoms with Crippen LogP contribution in [0.15, 0.2) is 6.07 Å². The predicted octanol–water partition coefficient (Wildman–Crippen LogP) is 3.54. The van der Waals surface area contributed by atoms with Gasteiger partial charge in [0.15, 0.2) is 5.15 Å². The minimum Gasteiger partial charge on any atom is -0.202 e. The maximum Gasteiger partial charge on any atom is 0.273 e. The van der Waals surface area contributed by atoms with E-state index in [1.165, 1.54) is 6.07 Å². The smallest absolute Gasteiger partial charge is 0.202 e. The van der Waals surface area contributed by atoms with E-state index in [0.29, 0.717) is 5.69 Å². The van der Waals surface area contributed by atoms with Crippen molar-refractivity contribution in [2.45, 2.75) is 39.0 Å². The van der Waals surface area contributed by atoms with Crippen LogP contribution >= 0.6 is 11.6 Å². The van der Waals surface area contributed by atoms with Crippen molar-refractivity contribution < 1.29 is 8.78 Å². The van der Waals surface area contributed by atoms with Crippen LogP contribution in [0.5, 0.6) is 0 Å². The standard InChI is InChI=1S/C10H13ClF2N2/c1-9(2,3)7-5-6(10(4,12)13)8(11)15-14-7/h5H,1-4H3. The van der Waals surface area contributed by atoms with Crippen molar-refractivity contribution in [2.24, 2.45) is 0 Å². The van der Waals surface area contributed by atoms with Crippen LogP contribution in [-0.4, -0.2) is 10.2 Å². The average Bonchev–Trinajstić information content (AvgIpc) is 2.00. The van der Waals surface area contributed by atoms with Crippen LogP contribution in [-0.2, 0) is 11.3 Å². The van der Waals surface area contributed by atoms with Crippen LogP contribution in [0.2, 0.25) is 5.15 Å². The third-order valence-electron chi connectivity index (χ3n) is 1.99. The largest absolute Gasteiger partial charge is 0.273 e. The van der Waals surface area contributed by atoms with Crippen LogP contribution < -0.4 is 0 Å². The second-order valence-electron chi connectivity index (χ2n) is 4.57. The van der Waals surface area contributed by atoms with E-state index in [-0.39, 0.29) is 16.1 Å². The zero-order valence-electron chi connectivity index (χ0n) is 9.11. The first-order chi connectivity index (χ1) is 6.62. The summed E-state index contributed by atoms with van der Waals surface area (Å²) in [6.45, 7) is 6.43. The third kappa shape index (κ3) is 2.84. The van der Waals surface area contributed by atoms with E-state index in [2.05, 4.69) is 10.2 Å². The number of nitrogens with zero attached hydrogens (tertiary/aromatic N) is 2. The van der Waals surface area contributed by atoms with E-state index in [4.69, 9.17) is 11.6 Å². The van der Waals surface area contributed by atoms with E-state index in [9.17, 15) is 8.78 Å². The van der Waals surface area contributed by atoms with Crippen molar-refractivity contribution in [1.29, 1.82) is 0 Å². The quantitative estimate of drug-likeness (QED) is 0.743. The number of hydrogen-bond donors (Lipinski definition) is 0.